The summed E-state index contributed by atoms with van der Waals surface area (Å²) in [7, 11) is -2.07. The van der Waals surface area contributed by atoms with Crippen molar-refractivity contribution in [1.82, 2.24) is 0 Å². The lowest BCUT2D eigenvalue weighted by molar-refractivity contribution is 0.158. The second-order valence-corrected chi connectivity index (χ2v) is 4.61. The van der Waals surface area contributed by atoms with Crippen LogP contribution in [0.1, 0.15) is 45.4 Å². The standard InChI is InChI=1S/C10H24N2O3P/c1-2-3-4-5-9-14-16(13)15-10(12)7-6-8-11/h10H,2-9,11-12H2,1H3/q+1. The molecule has 0 amide bonds. The van der Waals surface area contributed by atoms with Gasteiger partial charge in [0.2, 0.25) is 0 Å². The van der Waals surface area contributed by atoms with Crippen molar-refractivity contribution < 1.29 is 13.6 Å². The normalized spacial score (nSPS) is 13.8. The number of hydrogen-bond donors (Lipinski definition) is 2. The summed E-state index contributed by atoms with van der Waals surface area (Å²) in [4.78, 5) is 0. The van der Waals surface area contributed by atoms with Crippen LogP contribution in [0, 0.1) is 0 Å². The molecule has 96 valence electrons. The van der Waals surface area contributed by atoms with Crippen molar-refractivity contribution in [3.8, 4) is 0 Å². The summed E-state index contributed by atoms with van der Waals surface area (Å²) in [5.41, 5.74) is 10.9. The van der Waals surface area contributed by atoms with E-state index in [-0.39, 0.29) is 0 Å². The zero-order valence-electron chi connectivity index (χ0n) is 10.1. The van der Waals surface area contributed by atoms with Gasteiger partial charge in [-0.25, -0.2) is 0 Å². The van der Waals surface area contributed by atoms with Crippen molar-refractivity contribution in [2.45, 2.75) is 51.7 Å². The predicted octanol–water partition coefficient (Wildman–Crippen LogP) is 2.28. The Morgan fingerprint density at radius 1 is 1.25 bits per heavy atom. The van der Waals surface area contributed by atoms with E-state index < -0.39 is 14.5 Å². The second kappa shape index (κ2) is 11.4. The fourth-order valence-electron chi connectivity index (χ4n) is 1.18. The second-order valence-electron chi connectivity index (χ2n) is 3.69. The SMILES string of the molecule is CCCCCCO[P+](=O)OC(N)CCCN. The molecular formula is C10H24N2O3P+. The predicted molar refractivity (Wildman–Crippen MR) is 65.0 cm³/mol. The van der Waals surface area contributed by atoms with Gasteiger partial charge in [-0.05, 0) is 25.8 Å². The van der Waals surface area contributed by atoms with E-state index in [1.54, 1.807) is 0 Å². The molecule has 0 saturated heterocycles. The van der Waals surface area contributed by atoms with Gasteiger partial charge in [0.05, 0.1) is 0 Å². The summed E-state index contributed by atoms with van der Waals surface area (Å²) in [6, 6.07) is 0. The quantitative estimate of drug-likeness (QED) is 0.334. The molecule has 4 N–H and O–H groups in total. The molecule has 0 aromatic heterocycles. The number of nitrogens with two attached hydrogens (primary N) is 2. The molecule has 0 bridgehead atoms. The van der Waals surface area contributed by atoms with Crippen molar-refractivity contribution in [3.05, 3.63) is 0 Å². The highest BCUT2D eigenvalue weighted by Crippen LogP contribution is 2.26. The Morgan fingerprint density at radius 2 is 2.00 bits per heavy atom. The van der Waals surface area contributed by atoms with Gasteiger partial charge in [0, 0.05) is 4.57 Å². The van der Waals surface area contributed by atoms with E-state index in [4.69, 9.17) is 20.5 Å². The first-order valence-corrected chi connectivity index (χ1v) is 7.02. The van der Waals surface area contributed by atoms with Crippen LogP contribution in [0.15, 0.2) is 0 Å². The first-order chi connectivity index (χ1) is 7.70. The molecule has 0 rings (SSSR count). The highest BCUT2D eigenvalue weighted by Gasteiger charge is 2.24. The smallest absolute Gasteiger partial charge is 0.330 e. The third-order valence-electron chi connectivity index (χ3n) is 2.11. The molecule has 0 aliphatic heterocycles. The van der Waals surface area contributed by atoms with Crippen LogP contribution in [-0.2, 0) is 13.6 Å². The molecule has 0 fully saturated rings. The largest absolute Gasteiger partial charge is 0.699 e. The van der Waals surface area contributed by atoms with Crippen LogP contribution >= 0.6 is 8.25 Å². The van der Waals surface area contributed by atoms with Crippen molar-refractivity contribution in [3.63, 3.8) is 0 Å². The first-order valence-electron chi connectivity index (χ1n) is 5.93. The molecule has 0 spiro atoms. The summed E-state index contributed by atoms with van der Waals surface area (Å²) in [5.74, 6) is 0. The Balaban J connectivity index is 3.36. The molecule has 0 radical (unpaired) electrons. The van der Waals surface area contributed by atoms with Crippen molar-refractivity contribution in [2.24, 2.45) is 11.5 Å². The van der Waals surface area contributed by atoms with E-state index in [1.807, 2.05) is 0 Å². The van der Waals surface area contributed by atoms with Crippen molar-refractivity contribution in [2.75, 3.05) is 13.2 Å². The van der Waals surface area contributed by atoms with Crippen LogP contribution in [-0.4, -0.2) is 19.4 Å². The minimum Gasteiger partial charge on any atom is -0.330 e. The van der Waals surface area contributed by atoms with Gasteiger partial charge in [0.25, 0.3) is 0 Å². The fourth-order valence-corrected chi connectivity index (χ4v) is 1.85. The van der Waals surface area contributed by atoms with Gasteiger partial charge >= 0.3 is 8.25 Å². The summed E-state index contributed by atoms with van der Waals surface area (Å²) in [6.07, 6.45) is 5.19. The van der Waals surface area contributed by atoms with Gasteiger partial charge in [-0.3, -0.25) is 0 Å². The Bertz CT molecular complexity index is 181. The Hall–Kier alpha value is -0.0600. The molecule has 2 unspecified atom stereocenters. The summed E-state index contributed by atoms with van der Waals surface area (Å²) in [5, 5.41) is 0. The zero-order chi connectivity index (χ0) is 12.2. The molecule has 5 nitrogen and oxygen atoms in total. The molecule has 0 saturated carbocycles. The Kier molecular flexibility index (Phi) is 11.4. The Morgan fingerprint density at radius 3 is 2.62 bits per heavy atom. The third-order valence-corrected chi connectivity index (χ3v) is 2.95. The van der Waals surface area contributed by atoms with Gasteiger partial charge in [-0.1, -0.05) is 26.2 Å². The van der Waals surface area contributed by atoms with Gasteiger partial charge in [0.1, 0.15) is 6.61 Å². The highest BCUT2D eigenvalue weighted by molar-refractivity contribution is 7.33. The number of rotatable bonds is 11. The van der Waals surface area contributed by atoms with Crippen molar-refractivity contribution in [1.29, 1.82) is 0 Å². The minimum absolute atomic E-state index is 0.471. The lowest BCUT2D eigenvalue weighted by atomic mass is 10.2. The molecule has 2 atom stereocenters. The molecule has 6 heteroatoms. The van der Waals surface area contributed by atoms with E-state index in [0.717, 1.165) is 19.3 Å². The van der Waals surface area contributed by atoms with Gasteiger partial charge in [-0.15, -0.1) is 9.05 Å². The lowest BCUT2D eigenvalue weighted by Crippen LogP contribution is -2.22. The van der Waals surface area contributed by atoms with Crippen molar-refractivity contribution >= 4 is 8.25 Å². The van der Waals surface area contributed by atoms with Gasteiger partial charge in [0.15, 0.2) is 6.23 Å². The lowest BCUT2D eigenvalue weighted by Gasteiger charge is -2.02. The summed E-state index contributed by atoms with van der Waals surface area (Å²) in [6.45, 7) is 3.17. The van der Waals surface area contributed by atoms with Gasteiger partial charge < -0.3 is 11.5 Å². The van der Waals surface area contributed by atoms with E-state index in [1.165, 1.54) is 12.8 Å². The molecule has 0 aromatic rings. The maximum atomic E-state index is 11.2. The van der Waals surface area contributed by atoms with E-state index in [2.05, 4.69) is 6.92 Å². The average Bonchev–Trinajstić information content (AvgIpc) is 2.26. The zero-order valence-corrected chi connectivity index (χ0v) is 11.0. The van der Waals surface area contributed by atoms with E-state index in [0.29, 0.717) is 19.6 Å². The molecule has 0 aromatic carbocycles. The van der Waals surface area contributed by atoms with E-state index >= 15 is 0 Å². The number of unbranched alkanes of at least 4 members (excludes halogenated alkanes) is 3. The molecular weight excluding hydrogens is 227 g/mol. The van der Waals surface area contributed by atoms with Gasteiger partial charge in [-0.2, -0.15) is 0 Å². The molecule has 0 heterocycles. The van der Waals surface area contributed by atoms with Crippen LogP contribution in [0.2, 0.25) is 0 Å². The molecule has 0 aliphatic carbocycles. The number of hydrogen-bond acceptors (Lipinski definition) is 5. The van der Waals surface area contributed by atoms with Crippen LogP contribution < -0.4 is 11.5 Å². The molecule has 0 aliphatic rings. The maximum Gasteiger partial charge on any atom is 0.699 e. The summed E-state index contributed by atoms with van der Waals surface area (Å²) >= 11 is 0. The van der Waals surface area contributed by atoms with Crippen LogP contribution in [0.3, 0.4) is 0 Å². The van der Waals surface area contributed by atoms with Crippen LogP contribution in [0.25, 0.3) is 0 Å². The maximum absolute atomic E-state index is 11.2. The average molecular weight is 251 g/mol. The Labute approximate surface area is 98.8 Å². The summed E-state index contributed by atoms with van der Waals surface area (Å²) < 4.78 is 21.2. The van der Waals surface area contributed by atoms with Crippen LogP contribution in [0.4, 0.5) is 0 Å². The molecule has 16 heavy (non-hydrogen) atoms. The fraction of sp³-hybridized carbons (Fsp3) is 1.00. The topological polar surface area (TPSA) is 87.6 Å². The third kappa shape index (κ3) is 10.5. The monoisotopic (exact) mass is 251 g/mol. The minimum atomic E-state index is -2.07. The highest BCUT2D eigenvalue weighted by atomic mass is 31.1. The van der Waals surface area contributed by atoms with E-state index in [9.17, 15) is 4.57 Å². The van der Waals surface area contributed by atoms with Crippen LogP contribution in [0.5, 0.6) is 0 Å². The first kappa shape index (κ1) is 15.9.